The van der Waals surface area contributed by atoms with Gasteiger partial charge >= 0.3 is 0 Å². The number of hydrogen-bond acceptors (Lipinski definition) is 2. The van der Waals surface area contributed by atoms with Crippen molar-refractivity contribution in [2.75, 3.05) is 26.2 Å². The molecule has 100 valence electrons. The summed E-state index contributed by atoms with van der Waals surface area (Å²) in [6.45, 7) is 7.14. The van der Waals surface area contributed by atoms with Gasteiger partial charge in [0.1, 0.15) is 11.5 Å². The van der Waals surface area contributed by atoms with E-state index < -0.39 is 11.5 Å². The number of rotatable bonds is 3. The van der Waals surface area contributed by atoms with E-state index in [-0.39, 0.29) is 5.56 Å². The largest absolute Gasteiger partial charge is 0.314 e. The van der Waals surface area contributed by atoms with Gasteiger partial charge in [-0.25, -0.2) is 8.78 Å². The summed E-state index contributed by atoms with van der Waals surface area (Å²) in [7, 11) is 0. The molecular weight excluding hydrogens is 234 g/mol. The average Bonchev–Trinajstić information content (AvgIpc) is 2.28. The lowest BCUT2D eigenvalue weighted by Gasteiger charge is -2.29. The van der Waals surface area contributed by atoms with Gasteiger partial charge < -0.3 is 5.32 Å². The number of nitrogens with one attached hydrogen (secondary N) is 1. The first-order chi connectivity index (χ1) is 8.48. The maximum absolute atomic E-state index is 14.1. The van der Waals surface area contributed by atoms with E-state index in [0.29, 0.717) is 6.54 Å². The summed E-state index contributed by atoms with van der Waals surface area (Å²) in [6.07, 6.45) is 0. The highest BCUT2D eigenvalue weighted by Crippen LogP contribution is 2.31. The molecule has 1 aliphatic heterocycles. The number of nitrogens with zero attached hydrogens (tertiary/aromatic N) is 1. The Hall–Kier alpha value is -1.00. The highest BCUT2D eigenvalue weighted by molar-refractivity contribution is 5.33. The molecule has 1 heterocycles. The topological polar surface area (TPSA) is 15.3 Å². The quantitative estimate of drug-likeness (QED) is 0.891. The molecule has 18 heavy (non-hydrogen) atoms. The minimum Gasteiger partial charge on any atom is -0.314 e. The van der Waals surface area contributed by atoms with Crippen LogP contribution < -0.4 is 5.32 Å². The van der Waals surface area contributed by atoms with Crippen molar-refractivity contribution >= 4 is 0 Å². The first kappa shape index (κ1) is 13.4. The molecule has 1 aromatic carbocycles. The van der Waals surface area contributed by atoms with E-state index in [1.807, 2.05) is 6.07 Å². The van der Waals surface area contributed by atoms with E-state index in [4.69, 9.17) is 0 Å². The molecule has 1 N–H and O–H groups in total. The summed E-state index contributed by atoms with van der Waals surface area (Å²) in [4.78, 5) is 2.22. The fraction of sp³-hybridized carbons (Fsp3) is 0.571. The van der Waals surface area contributed by atoms with E-state index >= 15 is 0 Å². The molecule has 0 atom stereocenters. The van der Waals surface area contributed by atoms with Gasteiger partial charge in [-0.1, -0.05) is 12.1 Å². The van der Waals surface area contributed by atoms with Crippen molar-refractivity contribution in [3.63, 3.8) is 0 Å². The molecule has 1 aliphatic rings. The lowest BCUT2D eigenvalue weighted by Crippen LogP contribution is -2.43. The molecule has 2 rings (SSSR count). The maximum atomic E-state index is 14.1. The Kier molecular flexibility index (Phi) is 3.97. The Morgan fingerprint density at radius 1 is 1.28 bits per heavy atom. The van der Waals surface area contributed by atoms with Crippen molar-refractivity contribution in [3.8, 4) is 0 Å². The monoisotopic (exact) mass is 254 g/mol. The normalized spacial score (nSPS) is 18.0. The second kappa shape index (κ2) is 5.33. The van der Waals surface area contributed by atoms with Crippen LogP contribution >= 0.6 is 0 Å². The molecule has 0 saturated carbocycles. The highest BCUT2D eigenvalue weighted by Gasteiger charge is 2.27. The Bertz CT molecular complexity index is 407. The Morgan fingerprint density at radius 2 is 1.94 bits per heavy atom. The summed E-state index contributed by atoms with van der Waals surface area (Å²) in [5.74, 6) is -0.449. The van der Waals surface area contributed by atoms with Gasteiger partial charge in [0.2, 0.25) is 0 Å². The predicted molar refractivity (Wildman–Crippen MR) is 68.7 cm³/mol. The number of hydrogen-bond donors (Lipinski definition) is 1. The minimum absolute atomic E-state index is 0.198. The van der Waals surface area contributed by atoms with Crippen molar-refractivity contribution in [3.05, 3.63) is 35.1 Å². The van der Waals surface area contributed by atoms with E-state index in [1.54, 1.807) is 6.07 Å². The second-order valence-corrected chi connectivity index (χ2v) is 5.27. The van der Waals surface area contributed by atoms with Gasteiger partial charge in [-0.3, -0.25) is 4.90 Å². The molecule has 0 bridgehead atoms. The van der Waals surface area contributed by atoms with Gasteiger partial charge in [-0.15, -0.1) is 0 Å². The van der Waals surface area contributed by atoms with E-state index in [2.05, 4.69) is 10.2 Å². The molecule has 0 radical (unpaired) electrons. The molecule has 1 aromatic rings. The second-order valence-electron chi connectivity index (χ2n) is 5.27. The molecule has 1 fully saturated rings. The van der Waals surface area contributed by atoms with Gasteiger partial charge in [0.15, 0.2) is 0 Å². The zero-order chi connectivity index (χ0) is 13.2. The third-order valence-electron chi connectivity index (χ3n) is 3.30. The van der Waals surface area contributed by atoms with Crippen LogP contribution in [0.15, 0.2) is 18.2 Å². The van der Waals surface area contributed by atoms with Crippen LogP contribution in [-0.4, -0.2) is 31.1 Å². The number of benzene rings is 1. The van der Waals surface area contributed by atoms with Crippen LogP contribution in [0.1, 0.15) is 25.0 Å². The molecule has 0 spiro atoms. The van der Waals surface area contributed by atoms with Crippen molar-refractivity contribution in [2.45, 2.75) is 26.1 Å². The zero-order valence-electron chi connectivity index (χ0n) is 11.0. The van der Waals surface area contributed by atoms with Crippen LogP contribution in [-0.2, 0) is 12.2 Å². The summed E-state index contributed by atoms with van der Waals surface area (Å²) in [6, 6.07) is 4.81. The fourth-order valence-electron chi connectivity index (χ4n) is 2.48. The summed E-state index contributed by atoms with van der Waals surface area (Å²) >= 11 is 0. The van der Waals surface area contributed by atoms with Crippen molar-refractivity contribution in [1.82, 2.24) is 10.2 Å². The molecular formula is C14H20F2N2. The number of alkyl halides is 1. The Labute approximate surface area is 107 Å². The van der Waals surface area contributed by atoms with Crippen molar-refractivity contribution in [1.29, 1.82) is 0 Å². The van der Waals surface area contributed by atoms with Crippen molar-refractivity contribution < 1.29 is 8.78 Å². The highest BCUT2D eigenvalue weighted by atomic mass is 19.1. The third kappa shape index (κ3) is 3.06. The van der Waals surface area contributed by atoms with Gasteiger partial charge in [-0.05, 0) is 25.5 Å². The zero-order valence-corrected chi connectivity index (χ0v) is 11.0. The summed E-state index contributed by atoms with van der Waals surface area (Å²) in [5.41, 5.74) is -0.692. The van der Waals surface area contributed by atoms with Gasteiger partial charge in [0.25, 0.3) is 0 Å². The number of piperazine rings is 1. The summed E-state index contributed by atoms with van der Waals surface area (Å²) < 4.78 is 28.0. The van der Waals surface area contributed by atoms with Crippen LogP contribution in [0, 0.1) is 5.82 Å². The lowest BCUT2D eigenvalue weighted by molar-refractivity contribution is 0.200. The van der Waals surface area contributed by atoms with Crippen LogP contribution in [0.25, 0.3) is 0 Å². The van der Waals surface area contributed by atoms with E-state index in [9.17, 15) is 8.78 Å². The maximum Gasteiger partial charge on any atom is 0.133 e. The van der Waals surface area contributed by atoms with Gasteiger partial charge in [-0.2, -0.15) is 0 Å². The lowest BCUT2D eigenvalue weighted by atomic mass is 9.93. The van der Waals surface area contributed by atoms with Crippen LogP contribution in [0.3, 0.4) is 0 Å². The molecule has 0 aromatic heterocycles. The molecule has 0 aliphatic carbocycles. The molecule has 0 amide bonds. The van der Waals surface area contributed by atoms with Crippen LogP contribution in [0.2, 0.25) is 0 Å². The minimum atomic E-state index is -1.64. The first-order valence-corrected chi connectivity index (χ1v) is 6.38. The standard InChI is InChI=1S/C14H20F2N2/c1-14(2,16)13-11(4-3-5-12(13)15)10-18-8-6-17-7-9-18/h3-5,17H,6-10H2,1-2H3. The third-order valence-corrected chi connectivity index (χ3v) is 3.30. The molecule has 4 heteroatoms. The Morgan fingerprint density at radius 3 is 2.56 bits per heavy atom. The number of halogens is 2. The summed E-state index contributed by atoms with van der Waals surface area (Å²) in [5, 5.41) is 3.27. The fourth-order valence-corrected chi connectivity index (χ4v) is 2.48. The van der Waals surface area contributed by atoms with Crippen molar-refractivity contribution in [2.24, 2.45) is 0 Å². The SMILES string of the molecule is CC(C)(F)c1c(F)cccc1CN1CCNCC1. The first-order valence-electron chi connectivity index (χ1n) is 6.38. The van der Waals surface area contributed by atoms with Crippen LogP contribution in [0.4, 0.5) is 8.78 Å². The van der Waals surface area contributed by atoms with Crippen LogP contribution in [0.5, 0.6) is 0 Å². The van der Waals surface area contributed by atoms with Gasteiger partial charge in [0, 0.05) is 38.3 Å². The molecule has 1 saturated heterocycles. The molecule has 0 unspecified atom stereocenters. The Balaban J connectivity index is 2.24. The van der Waals surface area contributed by atoms with E-state index in [1.165, 1.54) is 19.9 Å². The van der Waals surface area contributed by atoms with E-state index in [0.717, 1.165) is 31.7 Å². The average molecular weight is 254 g/mol. The van der Waals surface area contributed by atoms with Gasteiger partial charge in [0.05, 0.1) is 0 Å². The predicted octanol–water partition coefficient (Wildman–Crippen LogP) is 2.44. The molecule has 2 nitrogen and oxygen atoms in total. The smallest absolute Gasteiger partial charge is 0.133 e.